The van der Waals surface area contributed by atoms with E-state index in [2.05, 4.69) is 9.98 Å². The highest BCUT2D eigenvalue weighted by Crippen LogP contribution is 2.20. The van der Waals surface area contributed by atoms with Gasteiger partial charge < -0.3 is 4.98 Å². The van der Waals surface area contributed by atoms with E-state index in [1.54, 1.807) is 6.21 Å². The van der Waals surface area contributed by atoms with E-state index < -0.39 is 0 Å². The highest BCUT2D eigenvalue weighted by Gasteiger charge is 2.11. The van der Waals surface area contributed by atoms with Crippen LogP contribution < -0.4 is 5.56 Å². The Morgan fingerprint density at radius 1 is 1.25 bits per heavy atom. The Morgan fingerprint density at radius 3 is 2.85 bits per heavy atom. The van der Waals surface area contributed by atoms with E-state index in [-0.39, 0.29) is 5.56 Å². The van der Waals surface area contributed by atoms with Gasteiger partial charge in [0.25, 0.3) is 5.56 Å². The van der Waals surface area contributed by atoms with Gasteiger partial charge in [-0.2, -0.15) is 0 Å². The highest BCUT2D eigenvalue weighted by molar-refractivity contribution is 5.88. The number of hydrogen-bond acceptors (Lipinski definition) is 2. The van der Waals surface area contributed by atoms with Crippen LogP contribution in [0.1, 0.15) is 43.2 Å². The molecule has 1 heterocycles. The van der Waals surface area contributed by atoms with Crippen molar-refractivity contribution in [2.24, 2.45) is 4.99 Å². The van der Waals surface area contributed by atoms with E-state index in [0.29, 0.717) is 11.6 Å². The van der Waals surface area contributed by atoms with Crippen LogP contribution in [0.3, 0.4) is 0 Å². The smallest absolute Gasteiger partial charge is 0.257 e. The number of aliphatic imine (C=N–C) groups is 1. The predicted octanol–water partition coefficient (Wildman–Crippen LogP) is 3.59. The fraction of sp³-hybridized carbons (Fsp3) is 0.412. The molecule has 2 aromatic rings. The molecule has 0 spiro atoms. The van der Waals surface area contributed by atoms with E-state index in [0.717, 1.165) is 29.3 Å². The van der Waals surface area contributed by atoms with Crippen LogP contribution in [0.25, 0.3) is 10.9 Å². The van der Waals surface area contributed by atoms with Crippen LogP contribution in [0.2, 0.25) is 0 Å². The number of aryl methyl sites for hydroxylation is 1. The molecule has 1 aromatic carbocycles. The summed E-state index contributed by atoms with van der Waals surface area (Å²) < 4.78 is 0. The van der Waals surface area contributed by atoms with Gasteiger partial charge in [-0.15, -0.1) is 0 Å². The number of fused-ring (bicyclic) bond motifs is 1. The quantitative estimate of drug-likeness (QED) is 0.831. The molecule has 104 valence electrons. The lowest BCUT2D eigenvalue weighted by Crippen LogP contribution is -2.14. The van der Waals surface area contributed by atoms with Crippen molar-refractivity contribution >= 4 is 17.1 Å². The van der Waals surface area contributed by atoms with Crippen molar-refractivity contribution in [1.82, 2.24) is 4.98 Å². The number of benzene rings is 1. The standard InChI is InChI=1S/C17H20N2O/c1-12-6-5-7-13-10-14(17(20)19-16(12)13)11-18-15-8-3-2-4-9-15/h5-7,10-11,15H,2-4,8-9H2,1H3,(H,19,20). The Balaban J connectivity index is 1.93. The molecule has 1 aliphatic rings. The van der Waals surface area contributed by atoms with Crippen LogP contribution in [0.5, 0.6) is 0 Å². The van der Waals surface area contributed by atoms with Gasteiger partial charge in [-0.1, -0.05) is 37.5 Å². The summed E-state index contributed by atoms with van der Waals surface area (Å²) in [4.78, 5) is 19.7. The van der Waals surface area contributed by atoms with Gasteiger partial charge in [-0.05, 0) is 36.8 Å². The lowest BCUT2D eigenvalue weighted by molar-refractivity contribution is 0.444. The number of aromatic amines is 1. The zero-order chi connectivity index (χ0) is 13.9. The first-order valence-electron chi connectivity index (χ1n) is 7.40. The average molecular weight is 268 g/mol. The molecule has 0 radical (unpaired) electrons. The van der Waals surface area contributed by atoms with Crippen molar-refractivity contribution in [2.75, 3.05) is 0 Å². The van der Waals surface area contributed by atoms with Crippen LogP contribution in [0.15, 0.2) is 34.1 Å². The molecular weight excluding hydrogens is 248 g/mol. The van der Waals surface area contributed by atoms with Gasteiger partial charge in [0, 0.05) is 12.3 Å². The molecule has 0 unspecified atom stereocenters. The summed E-state index contributed by atoms with van der Waals surface area (Å²) in [5.41, 5.74) is 2.63. The maximum atomic E-state index is 12.1. The fourth-order valence-electron chi connectivity index (χ4n) is 2.91. The number of H-pyrrole nitrogens is 1. The van der Waals surface area contributed by atoms with Gasteiger partial charge in [0.15, 0.2) is 0 Å². The second kappa shape index (κ2) is 5.61. The van der Waals surface area contributed by atoms with E-state index in [1.165, 1.54) is 19.3 Å². The Hall–Kier alpha value is -1.90. The zero-order valence-corrected chi connectivity index (χ0v) is 11.9. The average Bonchev–Trinajstić information content (AvgIpc) is 2.47. The summed E-state index contributed by atoms with van der Waals surface area (Å²) in [5.74, 6) is 0. The second-order valence-electron chi connectivity index (χ2n) is 5.66. The molecule has 0 amide bonds. The van der Waals surface area contributed by atoms with E-state index in [9.17, 15) is 4.79 Å². The molecule has 3 heteroatoms. The van der Waals surface area contributed by atoms with Gasteiger partial charge in [-0.25, -0.2) is 0 Å². The Morgan fingerprint density at radius 2 is 2.05 bits per heavy atom. The Bertz CT molecular complexity index is 694. The third kappa shape index (κ3) is 2.67. The Kier molecular flexibility index (Phi) is 3.68. The molecule has 1 aliphatic carbocycles. The highest BCUT2D eigenvalue weighted by atomic mass is 16.1. The molecule has 1 aromatic heterocycles. The number of rotatable bonds is 2. The summed E-state index contributed by atoms with van der Waals surface area (Å²) >= 11 is 0. The largest absolute Gasteiger partial charge is 0.321 e. The minimum Gasteiger partial charge on any atom is -0.321 e. The lowest BCUT2D eigenvalue weighted by Gasteiger charge is -2.17. The van der Waals surface area contributed by atoms with Crippen LogP contribution >= 0.6 is 0 Å². The number of para-hydroxylation sites is 1. The van der Waals surface area contributed by atoms with Crippen LogP contribution in [-0.4, -0.2) is 17.2 Å². The van der Waals surface area contributed by atoms with Crippen molar-refractivity contribution in [1.29, 1.82) is 0 Å². The monoisotopic (exact) mass is 268 g/mol. The number of aromatic nitrogens is 1. The molecule has 0 aliphatic heterocycles. The zero-order valence-electron chi connectivity index (χ0n) is 11.9. The molecule has 3 rings (SSSR count). The second-order valence-corrected chi connectivity index (χ2v) is 5.66. The fourth-order valence-corrected chi connectivity index (χ4v) is 2.91. The van der Waals surface area contributed by atoms with Crippen LogP contribution in [0, 0.1) is 6.92 Å². The normalized spacial score (nSPS) is 17.1. The van der Waals surface area contributed by atoms with Gasteiger partial charge >= 0.3 is 0 Å². The minimum absolute atomic E-state index is 0.0497. The van der Waals surface area contributed by atoms with Crippen molar-refractivity contribution in [3.63, 3.8) is 0 Å². The number of nitrogens with zero attached hydrogens (tertiary/aromatic N) is 1. The Labute approximate surface area is 118 Å². The summed E-state index contributed by atoms with van der Waals surface area (Å²) in [6.07, 6.45) is 7.91. The summed E-state index contributed by atoms with van der Waals surface area (Å²) in [5, 5.41) is 1.06. The van der Waals surface area contributed by atoms with E-state index in [4.69, 9.17) is 0 Å². The van der Waals surface area contributed by atoms with Crippen molar-refractivity contribution in [3.8, 4) is 0 Å². The molecule has 3 nitrogen and oxygen atoms in total. The van der Waals surface area contributed by atoms with E-state index >= 15 is 0 Å². The molecule has 20 heavy (non-hydrogen) atoms. The van der Waals surface area contributed by atoms with Crippen LogP contribution in [0.4, 0.5) is 0 Å². The number of pyridine rings is 1. The predicted molar refractivity (Wildman–Crippen MR) is 83.8 cm³/mol. The van der Waals surface area contributed by atoms with Crippen LogP contribution in [-0.2, 0) is 0 Å². The van der Waals surface area contributed by atoms with Gasteiger partial charge in [0.2, 0.25) is 0 Å². The SMILES string of the molecule is Cc1cccc2cc(C=NC3CCCCC3)c(=O)[nH]c12. The minimum atomic E-state index is -0.0497. The van der Waals surface area contributed by atoms with Crippen molar-refractivity contribution in [2.45, 2.75) is 45.1 Å². The summed E-state index contributed by atoms with van der Waals surface area (Å²) in [6, 6.07) is 8.38. The third-order valence-electron chi connectivity index (χ3n) is 4.12. The van der Waals surface area contributed by atoms with E-state index in [1.807, 2.05) is 31.2 Å². The first-order chi connectivity index (χ1) is 9.74. The molecular formula is C17H20N2O. The first-order valence-corrected chi connectivity index (χ1v) is 7.40. The maximum absolute atomic E-state index is 12.1. The lowest BCUT2D eigenvalue weighted by atomic mass is 9.96. The first kappa shape index (κ1) is 13.1. The third-order valence-corrected chi connectivity index (χ3v) is 4.12. The molecule has 1 fully saturated rings. The number of nitrogens with one attached hydrogen (secondary N) is 1. The molecule has 0 saturated heterocycles. The van der Waals surface area contributed by atoms with Gasteiger partial charge in [0.05, 0.1) is 11.1 Å². The maximum Gasteiger partial charge on any atom is 0.257 e. The number of hydrogen-bond donors (Lipinski definition) is 1. The topological polar surface area (TPSA) is 45.2 Å². The molecule has 1 saturated carbocycles. The molecule has 1 N–H and O–H groups in total. The molecule has 0 bridgehead atoms. The van der Waals surface area contributed by atoms with Gasteiger partial charge in [0.1, 0.15) is 0 Å². The van der Waals surface area contributed by atoms with Crippen molar-refractivity contribution < 1.29 is 0 Å². The summed E-state index contributed by atoms with van der Waals surface area (Å²) in [7, 11) is 0. The van der Waals surface area contributed by atoms with Gasteiger partial charge in [-0.3, -0.25) is 9.79 Å². The molecule has 0 atom stereocenters. The van der Waals surface area contributed by atoms with Crippen molar-refractivity contribution in [3.05, 3.63) is 45.7 Å². The summed E-state index contributed by atoms with van der Waals surface area (Å²) in [6.45, 7) is 2.01.